The lowest BCUT2D eigenvalue weighted by molar-refractivity contribution is -0.124. The molecular weight excluding hydrogens is 426 g/mol. The molecule has 0 aliphatic heterocycles. The number of carbonyl (C=O) groups is 1. The highest BCUT2D eigenvalue weighted by Gasteiger charge is 2.16. The van der Waals surface area contributed by atoms with Gasteiger partial charge in [-0.05, 0) is 73.6 Å². The average Bonchev–Trinajstić information content (AvgIpc) is 3.46. The third kappa shape index (κ3) is 6.03. The van der Waals surface area contributed by atoms with Crippen LogP contribution < -0.4 is 5.32 Å². The number of hydrogen-bond acceptors (Lipinski definition) is 7. The number of amides is 1. The van der Waals surface area contributed by atoms with Crippen LogP contribution in [0, 0.1) is 6.92 Å². The topological polar surface area (TPSA) is 108 Å². The zero-order valence-corrected chi connectivity index (χ0v) is 19.7. The van der Waals surface area contributed by atoms with Gasteiger partial charge in [-0.1, -0.05) is 20.3 Å². The van der Waals surface area contributed by atoms with Crippen LogP contribution in [-0.4, -0.2) is 45.6 Å². The average molecular weight is 458 g/mol. The summed E-state index contributed by atoms with van der Waals surface area (Å²) in [5.41, 5.74) is 4.36. The second-order valence-corrected chi connectivity index (χ2v) is 9.04. The molecule has 0 aliphatic carbocycles. The highest BCUT2D eigenvalue weighted by atomic mass is 32.1. The van der Waals surface area contributed by atoms with Gasteiger partial charge >= 0.3 is 0 Å². The van der Waals surface area contributed by atoms with Gasteiger partial charge in [0.2, 0.25) is 11.8 Å². The molecule has 1 atom stereocenters. The Hall–Kier alpha value is -2.55. The number of aromatic nitrogens is 2. The lowest BCUT2D eigenvalue weighted by Crippen LogP contribution is -2.34. The fourth-order valence-corrected chi connectivity index (χ4v) is 4.73. The van der Waals surface area contributed by atoms with E-state index >= 15 is 0 Å². The summed E-state index contributed by atoms with van der Waals surface area (Å²) in [6.45, 7) is 5.87. The van der Waals surface area contributed by atoms with Gasteiger partial charge in [0, 0.05) is 17.0 Å². The van der Waals surface area contributed by atoms with Crippen LogP contribution in [0.25, 0.3) is 22.2 Å². The second-order valence-electron chi connectivity index (χ2n) is 7.87. The summed E-state index contributed by atoms with van der Waals surface area (Å²) < 4.78 is 5.99. The third-order valence-corrected chi connectivity index (χ3v) is 6.53. The van der Waals surface area contributed by atoms with Gasteiger partial charge in [-0.25, -0.2) is 0 Å². The Bertz CT molecular complexity index is 1040. The van der Waals surface area contributed by atoms with Crippen LogP contribution in [0.1, 0.15) is 48.3 Å². The number of rotatable bonds is 11. The molecule has 3 rings (SSSR count). The minimum atomic E-state index is -0.670. The SMILES string of the molecule is CCCc1ccc(-c2nnc(-c3cc(C)c(CC[C@@H](O)CNC(=O)CO)c(CC)c3)o2)s1. The van der Waals surface area contributed by atoms with Crippen molar-refractivity contribution in [1.29, 1.82) is 0 Å². The van der Waals surface area contributed by atoms with Crippen molar-refractivity contribution in [3.63, 3.8) is 0 Å². The molecule has 0 radical (unpaired) electrons. The van der Waals surface area contributed by atoms with E-state index in [1.54, 1.807) is 11.3 Å². The Morgan fingerprint density at radius 2 is 1.97 bits per heavy atom. The van der Waals surface area contributed by atoms with Gasteiger partial charge in [0.1, 0.15) is 6.61 Å². The Morgan fingerprint density at radius 3 is 2.69 bits per heavy atom. The van der Waals surface area contributed by atoms with E-state index in [0.717, 1.165) is 35.3 Å². The first-order valence-electron chi connectivity index (χ1n) is 11.1. The maximum Gasteiger partial charge on any atom is 0.258 e. The lowest BCUT2D eigenvalue weighted by Gasteiger charge is -2.16. The van der Waals surface area contributed by atoms with Crippen LogP contribution in [0.3, 0.4) is 0 Å². The van der Waals surface area contributed by atoms with Gasteiger partial charge in [-0.3, -0.25) is 4.79 Å². The monoisotopic (exact) mass is 457 g/mol. The van der Waals surface area contributed by atoms with E-state index < -0.39 is 18.6 Å². The summed E-state index contributed by atoms with van der Waals surface area (Å²) in [6, 6.07) is 8.28. The number of aliphatic hydroxyl groups excluding tert-OH is 2. The molecule has 0 saturated heterocycles. The molecule has 0 unspecified atom stereocenters. The molecule has 0 fully saturated rings. The highest BCUT2D eigenvalue weighted by Crippen LogP contribution is 2.32. The van der Waals surface area contributed by atoms with E-state index in [0.29, 0.717) is 24.6 Å². The highest BCUT2D eigenvalue weighted by molar-refractivity contribution is 7.15. The van der Waals surface area contributed by atoms with Gasteiger partial charge in [-0.2, -0.15) is 0 Å². The van der Waals surface area contributed by atoms with Crippen LogP contribution in [0.15, 0.2) is 28.7 Å². The minimum Gasteiger partial charge on any atom is -0.415 e. The van der Waals surface area contributed by atoms with Gasteiger partial charge in [-0.15, -0.1) is 21.5 Å². The maximum atomic E-state index is 11.1. The summed E-state index contributed by atoms with van der Waals surface area (Å²) in [7, 11) is 0. The molecule has 172 valence electrons. The molecule has 3 N–H and O–H groups in total. The zero-order chi connectivity index (χ0) is 23.1. The summed E-state index contributed by atoms with van der Waals surface area (Å²) in [4.78, 5) is 13.4. The normalized spacial score (nSPS) is 12.2. The van der Waals surface area contributed by atoms with Crippen LogP contribution in [0.2, 0.25) is 0 Å². The number of aryl methyl sites for hydroxylation is 3. The number of nitrogens with one attached hydrogen (secondary N) is 1. The number of thiophene rings is 1. The molecule has 32 heavy (non-hydrogen) atoms. The summed E-state index contributed by atoms with van der Waals surface area (Å²) >= 11 is 1.69. The van der Waals surface area contributed by atoms with Crippen LogP contribution in [0.5, 0.6) is 0 Å². The number of aliphatic hydroxyl groups is 2. The van der Waals surface area contributed by atoms with Gasteiger partial charge in [0.15, 0.2) is 0 Å². The molecule has 1 amide bonds. The van der Waals surface area contributed by atoms with Crippen molar-refractivity contribution in [3.05, 3.63) is 45.8 Å². The van der Waals surface area contributed by atoms with Crippen molar-refractivity contribution in [3.8, 4) is 22.2 Å². The van der Waals surface area contributed by atoms with E-state index in [1.165, 1.54) is 16.0 Å². The van der Waals surface area contributed by atoms with Gasteiger partial charge in [0.05, 0.1) is 11.0 Å². The molecular formula is C24H31N3O4S. The van der Waals surface area contributed by atoms with Crippen LogP contribution in [-0.2, 0) is 24.1 Å². The first kappa shape index (κ1) is 24.1. The fraction of sp³-hybridized carbons (Fsp3) is 0.458. The van der Waals surface area contributed by atoms with E-state index in [2.05, 4.69) is 41.5 Å². The van der Waals surface area contributed by atoms with E-state index in [4.69, 9.17) is 9.52 Å². The molecule has 3 aromatic rings. The molecule has 2 aromatic heterocycles. The fourth-order valence-electron chi connectivity index (χ4n) is 3.70. The van der Waals surface area contributed by atoms with Crippen LogP contribution in [0.4, 0.5) is 0 Å². The smallest absolute Gasteiger partial charge is 0.258 e. The Morgan fingerprint density at radius 1 is 1.19 bits per heavy atom. The predicted octanol–water partition coefficient (Wildman–Crippen LogP) is 3.69. The minimum absolute atomic E-state index is 0.130. The lowest BCUT2D eigenvalue weighted by atomic mass is 9.92. The molecule has 2 heterocycles. The molecule has 0 bridgehead atoms. The molecule has 0 aliphatic rings. The van der Waals surface area contributed by atoms with E-state index in [-0.39, 0.29) is 6.54 Å². The predicted molar refractivity (Wildman–Crippen MR) is 126 cm³/mol. The standard InChI is InChI=1S/C24H31N3O4S/c1-4-6-19-8-10-21(32-19)24-27-26-23(31-24)17-11-15(3)20(16(5-2)12-17)9-7-18(29)13-25-22(30)14-28/h8,10-12,18,28-29H,4-7,9,13-14H2,1-3H3,(H,25,30)/t18-/m1/s1. The number of benzene rings is 1. The Balaban J connectivity index is 1.73. The summed E-state index contributed by atoms with van der Waals surface area (Å²) in [6.07, 6.45) is 3.53. The second kappa shape index (κ2) is 11.4. The summed E-state index contributed by atoms with van der Waals surface area (Å²) in [5.74, 6) is 0.559. The Kier molecular flexibility index (Phi) is 8.55. The van der Waals surface area contributed by atoms with Crippen molar-refractivity contribution in [1.82, 2.24) is 15.5 Å². The molecule has 0 saturated carbocycles. The Labute approximate surface area is 192 Å². The van der Waals surface area contributed by atoms with Crippen molar-refractivity contribution in [2.24, 2.45) is 0 Å². The molecule has 8 heteroatoms. The van der Waals surface area contributed by atoms with Crippen molar-refractivity contribution >= 4 is 17.2 Å². The molecule has 0 spiro atoms. The maximum absolute atomic E-state index is 11.1. The largest absolute Gasteiger partial charge is 0.415 e. The first-order valence-corrected chi connectivity index (χ1v) is 11.9. The first-order chi connectivity index (χ1) is 15.4. The third-order valence-electron chi connectivity index (χ3n) is 5.39. The van der Waals surface area contributed by atoms with E-state index in [1.807, 2.05) is 19.1 Å². The summed E-state index contributed by atoms with van der Waals surface area (Å²) in [5, 5.41) is 29.9. The number of carbonyl (C=O) groups excluding carboxylic acids is 1. The molecule has 7 nitrogen and oxygen atoms in total. The van der Waals surface area contributed by atoms with Gasteiger partial charge < -0.3 is 19.9 Å². The zero-order valence-electron chi connectivity index (χ0n) is 18.9. The van der Waals surface area contributed by atoms with Crippen LogP contribution >= 0.6 is 11.3 Å². The van der Waals surface area contributed by atoms with Crippen molar-refractivity contribution < 1.29 is 19.4 Å². The molecule has 1 aromatic carbocycles. The van der Waals surface area contributed by atoms with Gasteiger partial charge in [0.25, 0.3) is 5.89 Å². The number of nitrogens with zero attached hydrogens (tertiary/aromatic N) is 2. The quantitative estimate of drug-likeness (QED) is 0.405. The van der Waals surface area contributed by atoms with E-state index in [9.17, 15) is 9.90 Å². The van der Waals surface area contributed by atoms with Crippen molar-refractivity contribution in [2.75, 3.05) is 13.2 Å². The van der Waals surface area contributed by atoms with Crippen molar-refractivity contribution in [2.45, 2.75) is 59.0 Å². The number of hydrogen-bond donors (Lipinski definition) is 3.